The fraction of sp³-hybridized carbons (Fsp3) is 0.300. The summed E-state index contributed by atoms with van der Waals surface area (Å²) in [5.41, 5.74) is 3.77. The molecule has 0 heterocycles. The first-order chi connectivity index (χ1) is 10.9. The number of carbonyl (C=O) groups is 1. The van der Waals surface area contributed by atoms with Crippen molar-refractivity contribution < 1.29 is 4.79 Å². The van der Waals surface area contributed by atoms with Gasteiger partial charge in [0, 0.05) is 24.1 Å². The summed E-state index contributed by atoms with van der Waals surface area (Å²) in [6.07, 6.45) is 0. The third-order valence-electron chi connectivity index (χ3n) is 4.57. The summed E-state index contributed by atoms with van der Waals surface area (Å²) in [5, 5.41) is -0.118. The number of hydrogen-bond donors (Lipinski definition) is 1. The quantitative estimate of drug-likeness (QED) is 0.615. The lowest BCUT2D eigenvalue weighted by Crippen LogP contribution is -2.34. The summed E-state index contributed by atoms with van der Waals surface area (Å²) in [4.78, 5) is 16.2. The van der Waals surface area contributed by atoms with E-state index in [2.05, 4.69) is 54.0 Å². The Bertz CT molecular complexity index is 702. The van der Waals surface area contributed by atoms with Crippen molar-refractivity contribution in [3.8, 4) is 11.1 Å². The Balaban J connectivity index is 2.32. The molecular formula is C20H23NOS. The smallest absolute Gasteiger partial charge is 0.192 e. The van der Waals surface area contributed by atoms with Gasteiger partial charge in [0.05, 0.1) is 0 Å². The van der Waals surface area contributed by atoms with E-state index in [1.165, 1.54) is 11.1 Å². The van der Waals surface area contributed by atoms with Crippen LogP contribution in [0.25, 0.3) is 11.1 Å². The van der Waals surface area contributed by atoms with Crippen LogP contribution in [0.15, 0.2) is 59.6 Å². The summed E-state index contributed by atoms with van der Waals surface area (Å²) in [6.45, 7) is 5.86. The molecule has 2 aromatic rings. The van der Waals surface area contributed by atoms with E-state index in [4.69, 9.17) is 0 Å². The molecule has 0 saturated heterocycles. The van der Waals surface area contributed by atoms with Crippen molar-refractivity contribution in [2.24, 2.45) is 16.3 Å². The Kier molecular flexibility index (Phi) is 5.42. The summed E-state index contributed by atoms with van der Waals surface area (Å²) in [6, 6.07) is 18.6. The predicted octanol–water partition coefficient (Wildman–Crippen LogP) is 4.89. The van der Waals surface area contributed by atoms with Crippen molar-refractivity contribution in [2.45, 2.75) is 20.8 Å². The van der Waals surface area contributed by atoms with E-state index in [9.17, 15) is 4.79 Å². The van der Waals surface area contributed by atoms with Gasteiger partial charge in [-0.15, -0.1) is 12.6 Å². The molecule has 0 saturated carbocycles. The average Bonchev–Trinajstić information content (AvgIpc) is 2.56. The number of nitrogens with zero attached hydrogens (tertiary/aromatic N) is 1. The number of benzene rings is 2. The van der Waals surface area contributed by atoms with E-state index in [0.717, 1.165) is 11.3 Å². The highest BCUT2D eigenvalue weighted by Crippen LogP contribution is 2.32. The highest BCUT2D eigenvalue weighted by molar-refractivity contribution is 7.96. The molecular weight excluding hydrogens is 302 g/mol. The maximum Gasteiger partial charge on any atom is 0.192 e. The molecule has 23 heavy (non-hydrogen) atoms. The average molecular weight is 325 g/mol. The first-order valence-electron chi connectivity index (χ1n) is 7.74. The summed E-state index contributed by atoms with van der Waals surface area (Å²) in [5.74, 6) is -0.0138. The second-order valence-corrected chi connectivity index (χ2v) is 6.71. The van der Waals surface area contributed by atoms with Gasteiger partial charge in [0.2, 0.25) is 0 Å². The zero-order chi connectivity index (χ0) is 17.0. The minimum atomic E-state index is -0.559. The number of aliphatic imine (C=N–C) groups is 1. The van der Waals surface area contributed by atoms with Crippen molar-refractivity contribution in [3.63, 3.8) is 0 Å². The van der Waals surface area contributed by atoms with Gasteiger partial charge in [0.25, 0.3) is 0 Å². The van der Waals surface area contributed by atoms with Crippen LogP contribution in [0.4, 0.5) is 0 Å². The molecule has 2 aromatic carbocycles. The maximum absolute atomic E-state index is 11.8. The molecule has 0 aliphatic rings. The van der Waals surface area contributed by atoms with Gasteiger partial charge < -0.3 is 0 Å². The SMILES string of the molecule is CN=C(c1ccc(-c2ccccc2)cc1)C(C)C(C)(C)C(=O)S. The Morgan fingerprint density at radius 2 is 1.52 bits per heavy atom. The minimum absolute atomic E-state index is 0.0138. The molecule has 1 unspecified atom stereocenters. The van der Waals surface area contributed by atoms with Crippen LogP contribution in [0.5, 0.6) is 0 Å². The van der Waals surface area contributed by atoms with E-state index in [1.807, 2.05) is 39.0 Å². The molecule has 0 fully saturated rings. The summed E-state index contributed by atoms with van der Waals surface area (Å²) < 4.78 is 0. The molecule has 0 amide bonds. The Morgan fingerprint density at radius 3 is 2.00 bits per heavy atom. The van der Waals surface area contributed by atoms with Crippen molar-refractivity contribution in [3.05, 3.63) is 60.2 Å². The first kappa shape index (κ1) is 17.5. The monoisotopic (exact) mass is 325 g/mol. The van der Waals surface area contributed by atoms with E-state index in [0.29, 0.717) is 0 Å². The van der Waals surface area contributed by atoms with Crippen LogP contribution in [0.3, 0.4) is 0 Å². The molecule has 120 valence electrons. The first-order valence-corrected chi connectivity index (χ1v) is 8.18. The zero-order valence-corrected chi connectivity index (χ0v) is 15.0. The molecule has 3 heteroatoms. The summed E-state index contributed by atoms with van der Waals surface area (Å²) in [7, 11) is 1.77. The number of thiol groups is 1. The van der Waals surface area contributed by atoms with Gasteiger partial charge in [-0.25, -0.2) is 0 Å². The molecule has 0 spiro atoms. The molecule has 0 bridgehead atoms. The fourth-order valence-corrected chi connectivity index (χ4v) is 2.76. The highest BCUT2D eigenvalue weighted by Gasteiger charge is 2.35. The standard InChI is InChI=1S/C20H23NOS/c1-14(20(2,3)19(22)23)18(21-4)17-12-10-16(11-13-17)15-8-6-5-7-9-15/h5-14H,1-4H3,(H,22,23). The van der Waals surface area contributed by atoms with Crippen LogP contribution in [0, 0.1) is 11.3 Å². The van der Waals surface area contributed by atoms with Gasteiger partial charge in [0.15, 0.2) is 5.12 Å². The second kappa shape index (κ2) is 7.14. The van der Waals surface area contributed by atoms with E-state index in [1.54, 1.807) is 7.05 Å². The lowest BCUT2D eigenvalue weighted by atomic mass is 9.76. The van der Waals surface area contributed by atoms with Crippen LogP contribution in [0.2, 0.25) is 0 Å². The molecule has 0 radical (unpaired) electrons. The molecule has 2 nitrogen and oxygen atoms in total. The fourth-order valence-electron chi connectivity index (χ4n) is 2.56. The van der Waals surface area contributed by atoms with Crippen LogP contribution in [-0.2, 0) is 4.79 Å². The Hall–Kier alpha value is -1.87. The molecule has 1 atom stereocenters. The van der Waals surface area contributed by atoms with Crippen molar-refractivity contribution in [2.75, 3.05) is 7.05 Å². The van der Waals surface area contributed by atoms with Gasteiger partial charge in [0.1, 0.15) is 0 Å². The van der Waals surface area contributed by atoms with Gasteiger partial charge >= 0.3 is 0 Å². The molecule has 0 aliphatic carbocycles. The Morgan fingerprint density at radius 1 is 1.00 bits per heavy atom. The zero-order valence-electron chi connectivity index (χ0n) is 14.1. The largest absolute Gasteiger partial charge is 0.292 e. The normalized spacial score (nSPS) is 13.7. The van der Waals surface area contributed by atoms with Crippen molar-refractivity contribution in [1.29, 1.82) is 0 Å². The molecule has 0 aliphatic heterocycles. The lowest BCUT2D eigenvalue weighted by Gasteiger charge is -2.29. The third kappa shape index (κ3) is 3.73. The van der Waals surface area contributed by atoms with Gasteiger partial charge in [-0.05, 0) is 16.7 Å². The van der Waals surface area contributed by atoms with E-state index in [-0.39, 0.29) is 11.0 Å². The topological polar surface area (TPSA) is 29.4 Å². The van der Waals surface area contributed by atoms with Gasteiger partial charge in [-0.2, -0.15) is 0 Å². The molecule has 2 rings (SSSR count). The molecule has 0 N–H and O–H groups in total. The third-order valence-corrected chi connectivity index (χ3v) is 5.15. The minimum Gasteiger partial charge on any atom is -0.292 e. The second-order valence-electron chi connectivity index (χ2n) is 6.30. The lowest BCUT2D eigenvalue weighted by molar-refractivity contribution is -0.119. The Labute approximate surface area is 144 Å². The predicted molar refractivity (Wildman–Crippen MR) is 101 cm³/mol. The van der Waals surface area contributed by atoms with E-state index >= 15 is 0 Å². The maximum atomic E-state index is 11.8. The van der Waals surface area contributed by atoms with Crippen LogP contribution in [0.1, 0.15) is 26.3 Å². The van der Waals surface area contributed by atoms with Crippen LogP contribution < -0.4 is 0 Å². The van der Waals surface area contributed by atoms with Crippen molar-refractivity contribution >= 4 is 23.5 Å². The van der Waals surface area contributed by atoms with Gasteiger partial charge in [-0.3, -0.25) is 9.79 Å². The molecule has 0 aromatic heterocycles. The van der Waals surface area contributed by atoms with Crippen LogP contribution in [-0.4, -0.2) is 17.9 Å². The van der Waals surface area contributed by atoms with Gasteiger partial charge in [-0.1, -0.05) is 75.4 Å². The van der Waals surface area contributed by atoms with Crippen molar-refractivity contribution in [1.82, 2.24) is 0 Å². The number of carbonyl (C=O) groups excluding carboxylic acids is 1. The van der Waals surface area contributed by atoms with E-state index < -0.39 is 5.41 Å². The number of hydrogen-bond acceptors (Lipinski definition) is 2. The highest BCUT2D eigenvalue weighted by atomic mass is 32.1. The summed E-state index contributed by atoms with van der Waals surface area (Å²) >= 11 is 4.03. The number of rotatable bonds is 5. The van der Waals surface area contributed by atoms with Crippen LogP contribution >= 0.6 is 12.6 Å².